The van der Waals surface area contributed by atoms with Crippen LogP contribution < -0.4 is 10.6 Å². The molecule has 0 atom stereocenters. The highest BCUT2D eigenvalue weighted by Gasteiger charge is 2.27. The molecule has 0 unspecified atom stereocenters. The lowest BCUT2D eigenvalue weighted by atomic mass is 10.1. The smallest absolute Gasteiger partial charge is 0.292 e. The molecule has 1 fully saturated rings. The summed E-state index contributed by atoms with van der Waals surface area (Å²) in [5, 5.41) is 5.82. The summed E-state index contributed by atoms with van der Waals surface area (Å²) in [6, 6.07) is 11.5. The van der Waals surface area contributed by atoms with E-state index in [0.29, 0.717) is 11.2 Å². The van der Waals surface area contributed by atoms with Crippen molar-refractivity contribution in [3.8, 4) is 0 Å². The lowest BCUT2D eigenvalue weighted by Gasteiger charge is -2.07. The highest BCUT2D eigenvalue weighted by Crippen LogP contribution is 2.21. The molecule has 6 nitrogen and oxygen atoms in total. The standard InChI is InChI=1S/C20H20N4O2/c1-12-9-13(2)11-15(10-12)22-20(26)18-23-17(19(25)21-14-6-7-14)16-5-3-4-8-24(16)18/h3-5,8-11,14H,6-7H2,1-2H3,(H,21,25)(H,22,26). The van der Waals surface area contributed by atoms with Crippen LogP contribution in [0.1, 0.15) is 45.1 Å². The van der Waals surface area contributed by atoms with Crippen molar-refractivity contribution >= 4 is 23.0 Å². The Hall–Kier alpha value is -3.15. The van der Waals surface area contributed by atoms with Crippen LogP contribution in [0.5, 0.6) is 0 Å². The van der Waals surface area contributed by atoms with E-state index >= 15 is 0 Å². The van der Waals surface area contributed by atoms with Gasteiger partial charge < -0.3 is 10.6 Å². The van der Waals surface area contributed by atoms with Crippen molar-refractivity contribution in [3.05, 3.63) is 65.2 Å². The van der Waals surface area contributed by atoms with Gasteiger partial charge in [0.25, 0.3) is 11.8 Å². The van der Waals surface area contributed by atoms with E-state index in [1.165, 1.54) is 0 Å². The fourth-order valence-electron chi connectivity index (χ4n) is 3.08. The molecule has 2 heterocycles. The number of aryl methyl sites for hydroxylation is 2. The lowest BCUT2D eigenvalue weighted by Crippen LogP contribution is -2.26. The van der Waals surface area contributed by atoms with Gasteiger partial charge in [-0.15, -0.1) is 0 Å². The van der Waals surface area contributed by atoms with Gasteiger partial charge in [-0.3, -0.25) is 14.0 Å². The Balaban J connectivity index is 1.69. The van der Waals surface area contributed by atoms with Crippen LogP contribution in [0.4, 0.5) is 5.69 Å². The SMILES string of the molecule is Cc1cc(C)cc(NC(=O)c2nc(C(=O)NC3CC3)c3ccccn23)c1. The van der Waals surface area contributed by atoms with Crippen LogP contribution >= 0.6 is 0 Å². The summed E-state index contributed by atoms with van der Waals surface area (Å²) in [7, 11) is 0. The van der Waals surface area contributed by atoms with Gasteiger partial charge in [-0.05, 0) is 62.1 Å². The van der Waals surface area contributed by atoms with Crippen molar-refractivity contribution in [3.63, 3.8) is 0 Å². The molecule has 1 aliphatic carbocycles. The largest absolute Gasteiger partial charge is 0.348 e. The van der Waals surface area contributed by atoms with Gasteiger partial charge in [-0.1, -0.05) is 12.1 Å². The summed E-state index contributed by atoms with van der Waals surface area (Å²) >= 11 is 0. The number of benzene rings is 1. The predicted octanol–water partition coefficient (Wildman–Crippen LogP) is 3.10. The quantitative estimate of drug-likeness (QED) is 0.761. The van der Waals surface area contributed by atoms with Gasteiger partial charge in [0.05, 0.1) is 5.52 Å². The van der Waals surface area contributed by atoms with Gasteiger partial charge in [-0.2, -0.15) is 0 Å². The molecule has 2 N–H and O–H groups in total. The van der Waals surface area contributed by atoms with Gasteiger partial charge in [0.1, 0.15) is 0 Å². The molecule has 0 bridgehead atoms. The zero-order chi connectivity index (χ0) is 18.3. The number of imidazole rings is 1. The number of hydrogen-bond acceptors (Lipinski definition) is 3. The molecule has 2 amide bonds. The first kappa shape index (κ1) is 16.3. The number of carbonyl (C=O) groups is 2. The second kappa shape index (κ2) is 6.29. The van der Waals surface area contributed by atoms with Crippen molar-refractivity contribution in [1.29, 1.82) is 0 Å². The average molecular weight is 348 g/mol. The van der Waals surface area contributed by atoms with Gasteiger partial charge in [0, 0.05) is 17.9 Å². The van der Waals surface area contributed by atoms with Gasteiger partial charge in [0.15, 0.2) is 5.69 Å². The Morgan fingerprint density at radius 3 is 2.50 bits per heavy atom. The number of nitrogens with one attached hydrogen (secondary N) is 2. The number of pyridine rings is 1. The number of carbonyl (C=O) groups excluding carboxylic acids is 2. The Morgan fingerprint density at radius 1 is 1.08 bits per heavy atom. The van der Waals surface area contributed by atoms with E-state index in [-0.39, 0.29) is 29.4 Å². The molecule has 1 saturated carbocycles. The zero-order valence-corrected chi connectivity index (χ0v) is 14.7. The van der Waals surface area contributed by atoms with Crippen LogP contribution in [0.25, 0.3) is 5.52 Å². The van der Waals surface area contributed by atoms with Gasteiger partial charge in [0.2, 0.25) is 5.82 Å². The molecule has 6 heteroatoms. The second-order valence-corrected chi connectivity index (χ2v) is 6.82. The maximum absolute atomic E-state index is 12.8. The van der Waals surface area contributed by atoms with E-state index in [1.54, 1.807) is 16.7 Å². The van der Waals surface area contributed by atoms with E-state index in [1.807, 2.05) is 44.2 Å². The van der Waals surface area contributed by atoms with E-state index in [0.717, 1.165) is 24.0 Å². The average Bonchev–Trinajstić information content (AvgIpc) is 3.31. The van der Waals surface area contributed by atoms with Crippen molar-refractivity contribution in [2.75, 3.05) is 5.32 Å². The summed E-state index contributed by atoms with van der Waals surface area (Å²) in [6.45, 7) is 3.96. The molecule has 26 heavy (non-hydrogen) atoms. The molecule has 1 aliphatic rings. The van der Waals surface area contributed by atoms with Crippen LogP contribution in [0.2, 0.25) is 0 Å². The molecule has 2 aromatic heterocycles. The minimum absolute atomic E-state index is 0.195. The Kier molecular flexibility index (Phi) is 3.95. The molecule has 1 aromatic carbocycles. The van der Waals surface area contributed by atoms with Crippen molar-refractivity contribution in [2.45, 2.75) is 32.7 Å². The van der Waals surface area contributed by atoms with Crippen LogP contribution in [-0.2, 0) is 0 Å². The molecule has 3 aromatic rings. The third-order valence-corrected chi connectivity index (χ3v) is 4.36. The normalized spacial score (nSPS) is 13.6. The number of fused-ring (bicyclic) bond motifs is 1. The third kappa shape index (κ3) is 3.18. The maximum atomic E-state index is 12.8. The highest BCUT2D eigenvalue weighted by molar-refractivity contribution is 6.06. The van der Waals surface area contributed by atoms with E-state index in [2.05, 4.69) is 15.6 Å². The fourth-order valence-corrected chi connectivity index (χ4v) is 3.08. The van der Waals surface area contributed by atoms with Crippen LogP contribution in [0.15, 0.2) is 42.6 Å². The van der Waals surface area contributed by atoms with Crippen molar-refractivity contribution in [1.82, 2.24) is 14.7 Å². The number of anilines is 1. The zero-order valence-electron chi connectivity index (χ0n) is 14.7. The van der Waals surface area contributed by atoms with Crippen LogP contribution in [-0.4, -0.2) is 27.2 Å². The lowest BCUT2D eigenvalue weighted by molar-refractivity contribution is 0.0948. The van der Waals surface area contributed by atoms with Crippen molar-refractivity contribution in [2.24, 2.45) is 0 Å². The third-order valence-electron chi connectivity index (χ3n) is 4.36. The Morgan fingerprint density at radius 2 is 1.81 bits per heavy atom. The Labute approximate surface area is 151 Å². The Bertz CT molecular complexity index is 998. The molecule has 0 radical (unpaired) electrons. The summed E-state index contributed by atoms with van der Waals surface area (Å²) in [4.78, 5) is 29.6. The van der Waals surface area contributed by atoms with Crippen molar-refractivity contribution < 1.29 is 9.59 Å². The first-order valence-corrected chi connectivity index (χ1v) is 8.69. The topological polar surface area (TPSA) is 75.5 Å². The number of nitrogens with zero attached hydrogens (tertiary/aromatic N) is 2. The van der Waals surface area contributed by atoms with Crippen LogP contribution in [0, 0.1) is 13.8 Å². The molecule has 0 aliphatic heterocycles. The first-order chi connectivity index (χ1) is 12.5. The second-order valence-electron chi connectivity index (χ2n) is 6.82. The molecule has 4 rings (SSSR count). The minimum Gasteiger partial charge on any atom is -0.348 e. The van der Waals surface area contributed by atoms with Gasteiger partial charge >= 0.3 is 0 Å². The molecular formula is C20H20N4O2. The first-order valence-electron chi connectivity index (χ1n) is 8.69. The number of hydrogen-bond donors (Lipinski definition) is 2. The molecule has 132 valence electrons. The van der Waals surface area contributed by atoms with Crippen LogP contribution in [0.3, 0.4) is 0 Å². The van der Waals surface area contributed by atoms with E-state index < -0.39 is 0 Å². The predicted molar refractivity (Wildman–Crippen MR) is 99.5 cm³/mol. The molecule has 0 spiro atoms. The summed E-state index contributed by atoms with van der Waals surface area (Å²) in [5.41, 5.74) is 3.75. The number of aromatic nitrogens is 2. The minimum atomic E-state index is -0.346. The van der Waals surface area contributed by atoms with E-state index in [4.69, 9.17) is 0 Å². The molecular weight excluding hydrogens is 328 g/mol. The number of amides is 2. The maximum Gasteiger partial charge on any atom is 0.292 e. The monoisotopic (exact) mass is 348 g/mol. The highest BCUT2D eigenvalue weighted by atomic mass is 16.2. The summed E-state index contributed by atoms with van der Waals surface area (Å²) < 4.78 is 1.65. The number of rotatable bonds is 4. The van der Waals surface area contributed by atoms with E-state index in [9.17, 15) is 9.59 Å². The van der Waals surface area contributed by atoms with Gasteiger partial charge in [-0.25, -0.2) is 4.98 Å². The molecule has 0 saturated heterocycles. The fraction of sp³-hybridized carbons (Fsp3) is 0.250. The summed E-state index contributed by atoms with van der Waals surface area (Å²) in [6.07, 6.45) is 3.74. The summed E-state index contributed by atoms with van der Waals surface area (Å²) in [5.74, 6) is -0.385.